The second-order valence-electron chi connectivity index (χ2n) is 3.70. The van der Waals surface area contributed by atoms with Gasteiger partial charge in [-0.15, -0.1) is 0 Å². The number of hydrogen-bond donors (Lipinski definition) is 1. The summed E-state index contributed by atoms with van der Waals surface area (Å²) < 4.78 is 31.8. The van der Waals surface area contributed by atoms with Crippen molar-refractivity contribution in [1.29, 1.82) is 0 Å². The molecule has 0 amide bonds. The maximum absolute atomic E-state index is 13.4. The molecule has 0 bridgehead atoms. The Labute approximate surface area is 92.2 Å². The van der Waals surface area contributed by atoms with E-state index in [-0.39, 0.29) is 5.56 Å². The largest absolute Gasteiger partial charge is 0.501 e. The lowest BCUT2D eigenvalue weighted by Gasteiger charge is -2.19. The third kappa shape index (κ3) is 2.07. The molecule has 1 heterocycles. The molecule has 0 radical (unpaired) electrons. The number of halogens is 2. The van der Waals surface area contributed by atoms with E-state index >= 15 is 0 Å². The molecule has 1 aliphatic heterocycles. The molecule has 0 aliphatic carbocycles. The maximum atomic E-state index is 13.4. The molecule has 0 fully saturated rings. The van der Waals surface area contributed by atoms with E-state index in [1.54, 1.807) is 0 Å². The summed E-state index contributed by atoms with van der Waals surface area (Å²) in [6.45, 7) is 0.579. The molecule has 0 saturated heterocycles. The molecule has 2 rings (SSSR count). The van der Waals surface area contributed by atoms with E-state index in [1.807, 2.05) is 0 Å². The highest BCUT2D eigenvalue weighted by molar-refractivity contribution is 5.28. The van der Waals surface area contributed by atoms with Gasteiger partial charge in [-0.05, 0) is 30.5 Å². The number of aliphatic hydroxyl groups is 1. The summed E-state index contributed by atoms with van der Waals surface area (Å²) in [5, 5.41) is 9.88. The predicted octanol–water partition coefficient (Wildman–Crippen LogP) is 2.69. The Morgan fingerprint density at radius 2 is 1.94 bits per heavy atom. The van der Waals surface area contributed by atoms with Gasteiger partial charge in [0.15, 0.2) is 0 Å². The van der Waals surface area contributed by atoms with Crippen LogP contribution in [-0.4, -0.2) is 11.7 Å². The molecule has 1 aromatic carbocycles. The van der Waals surface area contributed by atoms with Crippen LogP contribution < -0.4 is 0 Å². The van der Waals surface area contributed by atoms with Gasteiger partial charge in [0.05, 0.1) is 18.4 Å². The van der Waals surface area contributed by atoms with E-state index in [2.05, 4.69) is 0 Å². The Morgan fingerprint density at radius 3 is 2.50 bits per heavy atom. The Bertz CT molecular complexity index is 395. The lowest BCUT2D eigenvalue weighted by atomic mass is 9.97. The first-order valence-corrected chi connectivity index (χ1v) is 5.12. The highest BCUT2D eigenvalue weighted by Gasteiger charge is 2.22. The number of hydrogen-bond acceptors (Lipinski definition) is 2. The molecule has 0 spiro atoms. The highest BCUT2D eigenvalue weighted by atomic mass is 19.1. The van der Waals surface area contributed by atoms with E-state index in [1.165, 1.54) is 12.3 Å². The van der Waals surface area contributed by atoms with Crippen LogP contribution in [0.3, 0.4) is 0 Å². The molecular weight excluding hydrogens is 214 g/mol. The molecule has 0 saturated carbocycles. The number of benzene rings is 1. The topological polar surface area (TPSA) is 29.5 Å². The number of rotatable bonds is 2. The van der Waals surface area contributed by atoms with Crippen LogP contribution in [0.1, 0.15) is 24.5 Å². The van der Waals surface area contributed by atoms with E-state index in [0.717, 1.165) is 18.6 Å². The van der Waals surface area contributed by atoms with E-state index in [4.69, 9.17) is 4.74 Å². The normalized spacial score (nSPS) is 17.6. The first kappa shape index (κ1) is 11.1. The number of ether oxygens (including phenoxy) is 1. The van der Waals surface area contributed by atoms with Gasteiger partial charge < -0.3 is 9.84 Å². The number of aliphatic hydroxyl groups excluding tert-OH is 1. The van der Waals surface area contributed by atoms with Crippen LogP contribution >= 0.6 is 0 Å². The third-order valence-corrected chi connectivity index (χ3v) is 2.59. The summed E-state index contributed by atoms with van der Waals surface area (Å²) in [5.41, 5.74) is 0.203. The van der Waals surface area contributed by atoms with Crippen LogP contribution in [0.4, 0.5) is 8.78 Å². The smallest absolute Gasteiger partial charge is 0.132 e. The second-order valence-corrected chi connectivity index (χ2v) is 3.70. The van der Waals surface area contributed by atoms with Crippen molar-refractivity contribution in [3.63, 3.8) is 0 Å². The Balaban J connectivity index is 2.33. The zero-order valence-electron chi connectivity index (χ0n) is 8.62. The fourth-order valence-corrected chi connectivity index (χ4v) is 1.74. The minimum absolute atomic E-state index is 0.306. The van der Waals surface area contributed by atoms with Gasteiger partial charge in [0.25, 0.3) is 0 Å². The third-order valence-electron chi connectivity index (χ3n) is 2.59. The van der Waals surface area contributed by atoms with E-state index < -0.39 is 17.7 Å². The minimum atomic E-state index is -1.26. The van der Waals surface area contributed by atoms with Crippen molar-refractivity contribution in [1.82, 2.24) is 0 Å². The molecule has 2 nitrogen and oxygen atoms in total. The zero-order chi connectivity index (χ0) is 11.5. The van der Waals surface area contributed by atoms with Crippen molar-refractivity contribution in [2.45, 2.75) is 18.9 Å². The average molecular weight is 226 g/mol. The Morgan fingerprint density at radius 1 is 1.25 bits per heavy atom. The quantitative estimate of drug-likeness (QED) is 0.840. The van der Waals surface area contributed by atoms with Gasteiger partial charge in [-0.3, -0.25) is 0 Å². The van der Waals surface area contributed by atoms with Crippen LogP contribution in [0, 0.1) is 11.6 Å². The molecule has 1 unspecified atom stereocenters. The second kappa shape index (κ2) is 4.61. The molecular formula is C12H12F2O2. The van der Waals surface area contributed by atoms with Gasteiger partial charge >= 0.3 is 0 Å². The minimum Gasteiger partial charge on any atom is -0.501 e. The van der Waals surface area contributed by atoms with Crippen molar-refractivity contribution in [3.8, 4) is 0 Å². The van der Waals surface area contributed by atoms with Gasteiger partial charge in [-0.1, -0.05) is 6.07 Å². The standard InChI is InChI=1S/C12H12F2O2/c13-9-4-1-5-10(14)11(9)12(15)8-3-2-6-16-7-8/h1,4-5,7,12,15H,2-3,6H2. The molecule has 0 aromatic heterocycles. The summed E-state index contributed by atoms with van der Waals surface area (Å²) in [6, 6.07) is 3.53. The van der Waals surface area contributed by atoms with Gasteiger partial charge in [0.1, 0.15) is 17.7 Å². The monoisotopic (exact) mass is 226 g/mol. The summed E-state index contributed by atoms with van der Waals surface area (Å²) in [4.78, 5) is 0. The molecule has 1 N–H and O–H groups in total. The van der Waals surface area contributed by atoms with E-state index in [9.17, 15) is 13.9 Å². The van der Waals surface area contributed by atoms with Crippen LogP contribution in [0.2, 0.25) is 0 Å². The van der Waals surface area contributed by atoms with Crippen molar-refractivity contribution < 1.29 is 18.6 Å². The lowest BCUT2D eigenvalue weighted by Crippen LogP contribution is -2.11. The van der Waals surface area contributed by atoms with Crippen LogP contribution in [0.25, 0.3) is 0 Å². The molecule has 4 heteroatoms. The van der Waals surface area contributed by atoms with Gasteiger partial charge in [-0.2, -0.15) is 0 Å². The first-order valence-electron chi connectivity index (χ1n) is 5.12. The Hall–Kier alpha value is -1.42. The van der Waals surface area contributed by atoms with Crippen molar-refractivity contribution in [3.05, 3.63) is 47.2 Å². The molecule has 1 aromatic rings. The van der Waals surface area contributed by atoms with E-state index in [0.29, 0.717) is 18.6 Å². The van der Waals surface area contributed by atoms with Gasteiger partial charge in [-0.25, -0.2) is 8.78 Å². The zero-order valence-corrected chi connectivity index (χ0v) is 8.62. The van der Waals surface area contributed by atoms with Gasteiger partial charge in [0.2, 0.25) is 0 Å². The fourth-order valence-electron chi connectivity index (χ4n) is 1.74. The summed E-state index contributed by atoms with van der Waals surface area (Å²) in [7, 11) is 0. The van der Waals surface area contributed by atoms with Crippen molar-refractivity contribution in [2.24, 2.45) is 0 Å². The lowest BCUT2D eigenvalue weighted by molar-refractivity contribution is 0.164. The molecule has 16 heavy (non-hydrogen) atoms. The van der Waals surface area contributed by atoms with Crippen LogP contribution in [0.15, 0.2) is 30.0 Å². The van der Waals surface area contributed by atoms with Crippen LogP contribution in [-0.2, 0) is 4.74 Å². The Kier molecular flexibility index (Phi) is 3.19. The molecule has 1 atom stereocenters. The molecule has 86 valence electrons. The van der Waals surface area contributed by atoms with Gasteiger partial charge in [0, 0.05) is 0 Å². The van der Waals surface area contributed by atoms with Crippen molar-refractivity contribution >= 4 is 0 Å². The highest BCUT2D eigenvalue weighted by Crippen LogP contribution is 2.30. The SMILES string of the molecule is OC(C1=COCCC1)c1c(F)cccc1F. The summed E-state index contributed by atoms with van der Waals surface area (Å²) in [6.07, 6.45) is 1.47. The maximum Gasteiger partial charge on any atom is 0.132 e. The average Bonchev–Trinajstić information content (AvgIpc) is 2.30. The summed E-state index contributed by atoms with van der Waals surface area (Å²) in [5.74, 6) is -1.47. The molecule has 1 aliphatic rings. The van der Waals surface area contributed by atoms with Crippen LogP contribution in [0.5, 0.6) is 0 Å². The first-order chi connectivity index (χ1) is 7.70. The fraction of sp³-hybridized carbons (Fsp3) is 0.333. The summed E-state index contributed by atoms with van der Waals surface area (Å²) >= 11 is 0. The predicted molar refractivity (Wildman–Crippen MR) is 54.6 cm³/mol. The van der Waals surface area contributed by atoms with Crippen molar-refractivity contribution in [2.75, 3.05) is 6.61 Å².